The molecule has 29 heavy (non-hydrogen) atoms. The Morgan fingerprint density at radius 2 is 1.93 bits per heavy atom. The highest BCUT2D eigenvalue weighted by Crippen LogP contribution is 2.24. The molecule has 2 heterocycles. The first-order chi connectivity index (χ1) is 14.1. The SMILES string of the molecule is CN(CCCNc1nc(/C=C/c2ccc(F)cc2)nc2cc(Cl)ccc12)N1CC1. The second-order valence-electron chi connectivity index (χ2n) is 7.09. The van der Waals surface area contributed by atoms with Crippen LogP contribution in [0, 0.1) is 5.82 Å². The quantitative estimate of drug-likeness (QED) is 0.435. The first kappa shape index (κ1) is 19.8. The summed E-state index contributed by atoms with van der Waals surface area (Å²) in [7, 11) is 2.12. The molecule has 7 heteroatoms. The van der Waals surface area contributed by atoms with Crippen LogP contribution in [-0.4, -0.2) is 53.2 Å². The van der Waals surface area contributed by atoms with Gasteiger partial charge in [0.2, 0.25) is 0 Å². The number of hydrogen-bond acceptors (Lipinski definition) is 5. The largest absolute Gasteiger partial charge is 0.369 e. The van der Waals surface area contributed by atoms with Gasteiger partial charge in [-0.05, 0) is 48.4 Å². The molecule has 4 rings (SSSR count). The van der Waals surface area contributed by atoms with Gasteiger partial charge in [0.25, 0.3) is 0 Å². The highest BCUT2D eigenvalue weighted by atomic mass is 35.5. The summed E-state index contributed by atoms with van der Waals surface area (Å²) in [6, 6.07) is 11.9. The number of fused-ring (bicyclic) bond motifs is 1. The number of benzene rings is 2. The molecule has 150 valence electrons. The molecule has 5 nitrogen and oxygen atoms in total. The van der Waals surface area contributed by atoms with Crippen LogP contribution in [-0.2, 0) is 0 Å². The van der Waals surface area contributed by atoms with Gasteiger partial charge in [0.05, 0.1) is 5.52 Å². The first-order valence-corrected chi connectivity index (χ1v) is 10.1. The number of hydrogen-bond donors (Lipinski definition) is 1. The topological polar surface area (TPSA) is 44.1 Å². The van der Waals surface area contributed by atoms with Crippen molar-refractivity contribution < 1.29 is 4.39 Å². The number of anilines is 1. The Hall–Kier alpha value is -2.54. The lowest BCUT2D eigenvalue weighted by molar-refractivity contribution is 0.126. The van der Waals surface area contributed by atoms with E-state index in [4.69, 9.17) is 11.6 Å². The predicted octanol–water partition coefficient (Wildman–Crippen LogP) is 4.56. The normalized spacial score (nSPS) is 14.2. The molecule has 0 bridgehead atoms. The fraction of sp³-hybridized carbons (Fsp3) is 0.273. The van der Waals surface area contributed by atoms with Crippen LogP contribution in [0.3, 0.4) is 0 Å². The molecular weight excluding hydrogens is 389 g/mol. The van der Waals surface area contributed by atoms with Crippen LogP contribution in [0.25, 0.3) is 23.1 Å². The maximum absolute atomic E-state index is 13.1. The number of halogens is 2. The number of aromatic nitrogens is 2. The molecule has 0 amide bonds. The van der Waals surface area contributed by atoms with Crippen molar-refractivity contribution in [1.29, 1.82) is 0 Å². The van der Waals surface area contributed by atoms with Crippen LogP contribution >= 0.6 is 11.6 Å². The standard InChI is InChI=1S/C22H23ClFN5/c1-28(29-13-14-29)12-2-11-25-22-19-9-6-17(23)15-20(19)26-21(27-22)10-5-16-3-7-18(24)8-4-16/h3-10,15H,2,11-14H2,1H3,(H,25,26,27)/b10-5+. The van der Waals surface area contributed by atoms with E-state index in [9.17, 15) is 4.39 Å². The average Bonchev–Trinajstić information content (AvgIpc) is 3.55. The lowest BCUT2D eigenvalue weighted by Gasteiger charge is -2.17. The Labute approximate surface area is 174 Å². The Morgan fingerprint density at radius 3 is 2.69 bits per heavy atom. The van der Waals surface area contributed by atoms with E-state index >= 15 is 0 Å². The predicted molar refractivity (Wildman–Crippen MR) is 117 cm³/mol. The molecule has 0 radical (unpaired) electrons. The third-order valence-electron chi connectivity index (χ3n) is 4.83. The van der Waals surface area contributed by atoms with Crippen LogP contribution in [0.15, 0.2) is 42.5 Å². The van der Waals surface area contributed by atoms with Crippen molar-refractivity contribution >= 4 is 40.5 Å². The molecular formula is C22H23ClFN5. The van der Waals surface area contributed by atoms with E-state index < -0.39 is 0 Å². The van der Waals surface area contributed by atoms with Gasteiger partial charge in [-0.15, -0.1) is 0 Å². The average molecular weight is 412 g/mol. The van der Waals surface area contributed by atoms with Gasteiger partial charge < -0.3 is 5.32 Å². The first-order valence-electron chi connectivity index (χ1n) is 9.69. The van der Waals surface area contributed by atoms with Crippen molar-refractivity contribution in [1.82, 2.24) is 20.0 Å². The fourth-order valence-corrected chi connectivity index (χ4v) is 3.28. The minimum Gasteiger partial charge on any atom is -0.369 e. The highest BCUT2D eigenvalue weighted by molar-refractivity contribution is 6.31. The van der Waals surface area contributed by atoms with Crippen LogP contribution in [0.2, 0.25) is 5.02 Å². The maximum Gasteiger partial charge on any atom is 0.154 e. The summed E-state index contributed by atoms with van der Waals surface area (Å²) in [5.41, 5.74) is 1.67. The third kappa shape index (κ3) is 5.29. The number of nitrogens with one attached hydrogen (secondary N) is 1. The van der Waals surface area contributed by atoms with Crippen molar-refractivity contribution in [2.75, 3.05) is 38.5 Å². The molecule has 1 N–H and O–H groups in total. The Kier molecular flexibility index (Phi) is 6.04. The molecule has 0 saturated carbocycles. The van der Waals surface area contributed by atoms with Gasteiger partial charge in [0, 0.05) is 43.6 Å². The minimum absolute atomic E-state index is 0.255. The van der Waals surface area contributed by atoms with E-state index in [0.29, 0.717) is 10.8 Å². The summed E-state index contributed by atoms with van der Waals surface area (Å²) >= 11 is 6.16. The summed E-state index contributed by atoms with van der Waals surface area (Å²) in [6.45, 7) is 4.13. The van der Waals surface area contributed by atoms with Crippen LogP contribution in [0.1, 0.15) is 17.8 Å². The molecule has 1 fully saturated rings. The zero-order valence-electron chi connectivity index (χ0n) is 16.3. The zero-order valence-corrected chi connectivity index (χ0v) is 17.0. The van der Waals surface area contributed by atoms with Crippen LogP contribution in [0.5, 0.6) is 0 Å². The number of rotatable bonds is 8. The van der Waals surface area contributed by atoms with Crippen molar-refractivity contribution in [2.24, 2.45) is 0 Å². The van der Waals surface area contributed by atoms with Gasteiger partial charge in [-0.25, -0.2) is 24.4 Å². The van der Waals surface area contributed by atoms with E-state index in [1.165, 1.54) is 12.1 Å². The molecule has 0 aliphatic carbocycles. The Morgan fingerprint density at radius 1 is 1.14 bits per heavy atom. The molecule has 0 spiro atoms. The lowest BCUT2D eigenvalue weighted by Crippen LogP contribution is -2.27. The van der Waals surface area contributed by atoms with Gasteiger partial charge in [-0.3, -0.25) is 0 Å². The summed E-state index contributed by atoms with van der Waals surface area (Å²) in [4.78, 5) is 9.28. The molecule has 0 atom stereocenters. The minimum atomic E-state index is -0.255. The lowest BCUT2D eigenvalue weighted by atomic mass is 10.2. The van der Waals surface area contributed by atoms with E-state index in [1.54, 1.807) is 12.1 Å². The van der Waals surface area contributed by atoms with E-state index in [-0.39, 0.29) is 5.82 Å². The van der Waals surface area contributed by atoms with Crippen molar-refractivity contribution in [3.63, 3.8) is 0 Å². The van der Waals surface area contributed by atoms with Gasteiger partial charge in [0.15, 0.2) is 5.82 Å². The highest BCUT2D eigenvalue weighted by Gasteiger charge is 2.21. The van der Waals surface area contributed by atoms with Gasteiger partial charge in [-0.2, -0.15) is 0 Å². The Balaban J connectivity index is 1.52. The second kappa shape index (κ2) is 8.86. The second-order valence-corrected chi connectivity index (χ2v) is 7.53. The summed E-state index contributed by atoms with van der Waals surface area (Å²) in [6.07, 6.45) is 4.70. The van der Waals surface area contributed by atoms with Crippen LogP contribution < -0.4 is 5.32 Å². The number of hydrazine groups is 1. The smallest absolute Gasteiger partial charge is 0.154 e. The van der Waals surface area contributed by atoms with Crippen LogP contribution in [0.4, 0.5) is 10.2 Å². The Bertz CT molecular complexity index is 1020. The van der Waals surface area contributed by atoms with E-state index in [0.717, 1.165) is 54.9 Å². The molecule has 1 saturated heterocycles. The maximum atomic E-state index is 13.1. The van der Waals surface area contributed by atoms with Gasteiger partial charge >= 0.3 is 0 Å². The van der Waals surface area contributed by atoms with E-state index in [1.807, 2.05) is 30.4 Å². The van der Waals surface area contributed by atoms with Crippen molar-refractivity contribution in [2.45, 2.75) is 6.42 Å². The third-order valence-corrected chi connectivity index (χ3v) is 5.06. The van der Waals surface area contributed by atoms with Crippen molar-refractivity contribution in [3.05, 3.63) is 64.7 Å². The van der Waals surface area contributed by atoms with E-state index in [2.05, 4.69) is 32.4 Å². The molecule has 1 aromatic heterocycles. The molecule has 1 aliphatic rings. The molecule has 0 unspecified atom stereocenters. The molecule has 3 aromatic rings. The fourth-order valence-electron chi connectivity index (χ4n) is 3.12. The summed E-state index contributed by atoms with van der Waals surface area (Å²) in [5, 5.41) is 9.58. The van der Waals surface area contributed by atoms with Gasteiger partial charge in [0.1, 0.15) is 11.6 Å². The molecule has 1 aliphatic heterocycles. The summed E-state index contributed by atoms with van der Waals surface area (Å²) < 4.78 is 13.1. The van der Waals surface area contributed by atoms with Gasteiger partial charge in [-0.1, -0.05) is 29.8 Å². The van der Waals surface area contributed by atoms with Crippen molar-refractivity contribution in [3.8, 4) is 0 Å². The summed E-state index contributed by atoms with van der Waals surface area (Å²) in [5.74, 6) is 1.11. The monoisotopic (exact) mass is 411 g/mol. The molecule has 2 aromatic carbocycles. The number of nitrogens with zero attached hydrogens (tertiary/aromatic N) is 4. The zero-order chi connectivity index (χ0) is 20.2.